The lowest BCUT2D eigenvalue weighted by molar-refractivity contribution is -0.387. The summed E-state index contributed by atoms with van der Waals surface area (Å²) in [7, 11) is -3.34. The number of methoxy groups -OCH3 is 1. The number of hydrogen-bond acceptors (Lipinski definition) is 10. The van der Waals surface area contributed by atoms with E-state index < -0.39 is 36.5 Å². The molecule has 0 saturated carbocycles. The molecule has 1 amide bonds. The Bertz CT molecular complexity index is 1440. The van der Waals surface area contributed by atoms with Crippen LogP contribution in [-0.4, -0.2) is 37.5 Å². The monoisotopic (exact) mass is 500 g/mol. The van der Waals surface area contributed by atoms with Crippen LogP contribution >= 0.6 is 0 Å². The van der Waals surface area contributed by atoms with Crippen LogP contribution in [0, 0.1) is 20.2 Å². The second-order valence-electron chi connectivity index (χ2n) is 6.68. The summed E-state index contributed by atoms with van der Waals surface area (Å²) in [6, 6.07) is 13.8. The molecule has 180 valence electrons. The molecule has 0 radical (unpaired) electrons. The molecule has 13 nitrogen and oxygen atoms in total. The van der Waals surface area contributed by atoms with Crippen molar-refractivity contribution in [3.63, 3.8) is 0 Å². The van der Waals surface area contributed by atoms with Crippen LogP contribution in [0.4, 0.5) is 11.4 Å². The van der Waals surface area contributed by atoms with Crippen molar-refractivity contribution in [2.75, 3.05) is 7.11 Å². The fourth-order valence-electron chi connectivity index (χ4n) is 2.81. The zero-order valence-corrected chi connectivity index (χ0v) is 18.7. The second-order valence-corrected chi connectivity index (χ2v) is 8.19. The van der Waals surface area contributed by atoms with Crippen LogP contribution in [0.3, 0.4) is 0 Å². The number of ether oxygens (including phenoxy) is 1. The Morgan fingerprint density at radius 1 is 0.971 bits per heavy atom. The van der Waals surface area contributed by atoms with E-state index in [1.807, 2.05) is 0 Å². The van der Waals surface area contributed by atoms with Crippen LogP contribution in [0.25, 0.3) is 0 Å². The van der Waals surface area contributed by atoms with Gasteiger partial charge < -0.3 is 8.92 Å². The third kappa shape index (κ3) is 5.94. The number of hydrogen-bond donors (Lipinski definition) is 1. The van der Waals surface area contributed by atoms with Gasteiger partial charge in [-0.3, -0.25) is 25.0 Å². The Kier molecular flexibility index (Phi) is 7.36. The Labute approximate surface area is 198 Å². The number of carbonyl (C=O) groups is 1. The van der Waals surface area contributed by atoms with Gasteiger partial charge in [0.1, 0.15) is 0 Å². The molecule has 0 aliphatic carbocycles. The zero-order chi connectivity index (χ0) is 25.6. The quantitative estimate of drug-likeness (QED) is 0.200. The van der Waals surface area contributed by atoms with Crippen molar-refractivity contribution < 1.29 is 32.0 Å². The molecule has 0 spiro atoms. The molecule has 14 heteroatoms. The summed E-state index contributed by atoms with van der Waals surface area (Å²) in [5, 5.41) is 25.8. The van der Waals surface area contributed by atoms with Crippen molar-refractivity contribution >= 4 is 33.6 Å². The molecule has 1 N–H and O–H groups in total. The van der Waals surface area contributed by atoms with Gasteiger partial charge in [-0.05, 0) is 35.9 Å². The van der Waals surface area contributed by atoms with Crippen LogP contribution in [0.2, 0.25) is 0 Å². The molecule has 3 aromatic rings. The third-order valence-corrected chi connectivity index (χ3v) is 5.70. The van der Waals surface area contributed by atoms with Gasteiger partial charge in [0.15, 0.2) is 16.4 Å². The summed E-state index contributed by atoms with van der Waals surface area (Å²) < 4.78 is 35.6. The van der Waals surface area contributed by atoms with Crippen molar-refractivity contribution in [2.24, 2.45) is 5.10 Å². The predicted molar refractivity (Wildman–Crippen MR) is 122 cm³/mol. The molecule has 35 heavy (non-hydrogen) atoms. The normalized spacial score (nSPS) is 11.1. The number of carbonyl (C=O) groups excluding carboxylic acids is 1. The zero-order valence-electron chi connectivity index (χ0n) is 17.9. The predicted octanol–water partition coefficient (Wildman–Crippen LogP) is 3.04. The molecule has 0 saturated heterocycles. The highest BCUT2D eigenvalue weighted by Gasteiger charge is 2.28. The highest BCUT2D eigenvalue weighted by molar-refractivity contribution is 7.87. The van der Waals surface area contributed by atoms with E-state index in [1.165, 1.54) is 61.9 Å². The molecule has 0 bridgehead atoms. The molecule has 0 aromatic heterocycles. The number of non-ortho nitro benzene ring substituents is 1. The minimum atomic E-state index is -4.61. The number of nitrogens with zero attached hydrogens (tertiary/aromatic N) is 3. The van der Waals surface area contributed by atoms with E-state index in [-0.39, 0.29) is 28.3 Å². The largest absolute Gasteiger partial charge is 0.493 e. The number of para-hydroxylation sites is 1. The maximum atomic E-state index is 12.7. The van der Waals surface area contributed by atoms with E-state index >= 15 is 0 Å². The van der Waals surface area contributed by atoms with Gasteiger partial charge in [0, 0.05) is 23.8 Å². The summed E-state index contributed by atoms with van der Waals surface area (Å²) in [5.74, 6) is -0.974. The van der Waals surface area contributed by atoms with Gasteiger partial charge in [-0.25, -0.2) is 5.43 Å². The van der Waals surface area contributed by atoms with Gasteiger partial charge in [-0.1, -0.05) is 18.2 Å². The van der Waals surface area contributed by atoms with Crippen molar-refractivity contribution in [2.45, 2.75) is 4.90 Å². The van der Waals surface area contributed by atoms with Crippen molar-refractivity contribution in [3.05, 3.63) is 98.1 Å². The molecule has 0 atom stereocenters. The molecule has 0 fully saturated rings. The Hall–Kier alpha value is -4.85. The van der Waals surface area contributed by atoms with Crippen molar-refractivity contribution in [3.8, 4) is 11.5 Å². The number of nitrogens with one attached hydrogen (secondary N) is 1. The number of amides is 1. The number of benzene rings is 3. The highest BCUT2D eigenvalue weighted by Crippen LogP contribution is 2.32. The molecular formula is C21H16N4O9S. The fraction of sp³-hybridized carbons (Fsp3) is 0.0476. The molecule has 0 aliphatic heterocycles. The summed E-state index contributed by atoms with van der Waals surface area (Å²) in [6.07, 6.45) is 1.17. The molecule has 0 aliphatic rings. The first kappa shape index (κ1) is 24.8. The maximum Gasteiger partial charge on any atom is 0.346 e. The summed E-state index contributed by atoms with van der Waals surface area (Å²) >= 11 is 0. The van der Waals surface area contributed by atoms with Gasteiger partial charge in [0.05, 0.1) is 23.2 Å². The fourth-order valence-corrected chi connectivity index (χ4v) is 3.91. The van der Waals surface area contributed by atoms with Gasteiger partial charge in [-0.2, -0.15) is 13.5 Å². The minimum Gasteiger partial charge on any atom is -0.493 e. The van der Waals surface area contributed by atoms with E-state index in [9.17, 15) is 33.4 Å². The lowest BCUT2D eigenvalue weighted by Gasteiger charge is -2.11. The van der Waals surface area contributed by atoms with E-state index in [0.29, 0.717) is 0 Å². The smallest absolute Gasteiger partial charge is 0.346 e. The number of nitro benzene ring substituents is 2. The summed E-state index contributed by atoms with van der Waals surface area (Å²) in [6.45, 7) is 0. The van der Waals surface area contributed by atoms with E-state index in [2.05, 4.69) is 10.5 Å². The van der Waals surface area contributed by atoms with E-state index in [1.54, 1.807) is 0 Å². The Morgan fingerprint density at radius 2 is 1.71 bits per heavy atom. The standard InChI is InChI=1S/C21H16N4O9S/c1-33-18-10-9-14(13-22-23-21(26)15-5-4-6-16(12-15)24(27)28)11-19(18)34-35(31,32)20-8-3-2-7-17(20)25(29)30/h2-13H,1H3,(H,23,26)/b22-13-. The molecular weight excluding hydrogens is 484 g/mol. The topological polar surface area (TPSA) is 180 Å². The van der Waals surface area contributed by atoms with Gasteiger partial charge in [-0.15, -0.1) is 0 Å². The van der Waals surface area contributed by atoms with Crippen LogP contribution in [0.15, 0.2) is 76.7 Å². The number of nitro groups is 2. The lowest BCUT2D eigenvalue weighted by Crippen LogP contribution is -2.17. The molecule has 0 unspecified atom stereocenters. The third-order valence-electron chi connectivity index (χ3n) is 4.42. The highest BCUT2D eigenvalue weighted by atomic mass is 32.2. The van der Waals surface area contributed by atoms with Crippen LogP contribution in [0.1, 0.15) is 15.9 Å². The first-order valence-electron chi connectivity index (χ1n) is 9.56. The molecule has 3 rings (SSSR count). The average Bonchev–Trinajstić information content (AvgIpc) is 2.84. The Balaban J connectivity index is 1.82. The van der Waals surface area contributed by atoms with Crippen molar-refractivity contribution in [1.29, 1.82) is 0 Å². The van der Waals surface area contributed by atoms with Crippen LogP contribution in [-0.2, 0) is 10.1 Å². The van der Waals surface area contributed by atoms with Crippen LogP contribution < -0.4 is 14.3 Å². The van der Waals surface area contributed by atoms with Crippen molar-refractivity contribution in [1.82, 2.24) is 5.43 Å². The first-order chi connectivity index (χ1) is 16.6. The SMILES string of the molecule is COc1ccc(/C=N\NC(=O)c2cccc([N+](=O)[O-])c2)cc1OS(=O)(=O)c1ccccc1[N+](=O)[O-]. The van der Waals surface area contributed by atoms with Gasteiger partial charge >= 0.3 is 10.1 Å². The van der Waals surface area contributed by atoms with E-state index in [0.717, 1.165) is 18.2 Å². The lowest BCUT2D eigenvalue weighted by atomic mass is 10.2. The summed E-state index contributed by atoms with van der Waals surface area (Å²) in [4.78, 5) is 32.1. The van der Waals surface area contributed by atoms with Crippen LogP contribution in [0.5, 0.6) is 11.5 Å². The second kappa shape index (κ2) is 10.4. The summed E-state index contributed by atoms with van der Waals surface area (Å²) in [5.41, 5.74) is 1.55. The first-order valence-corrected chi connectivity index (χ1v) is 11.0. The number of hydrazone groups is 1. The maximum absolute atomic E-state index is 12.7. The number of rotatable bonds is 9. The van der Waals surface area contributed by atoms with E-state index in [4.69, 9.17) is 8.92 Å². The van der Waals surface area contributed by atoms with Gasteiger partial charge in [0.2, 0.25) is 0 Å². The molecule has 3 aromatic carbocycles. The average molecular weight is 500 g/mol. The van der Waals surface area contributed by atoms with Gasteiger partial charge in [0.25, 0.3) is 17.3 Å². The minimum absolute atomic E-state index is 0.00523. The Morgan fingerprint density at radius 3 is 2.40 bits per heavy atom. The molecule has 0 heterocycles.